The molecule has 0 aliphatic heterocycles. The number of nitrogens with two attached hydrogens (primary N) is 1. The molecule has 0 amide bonds. The molecule has 11 heavy (non-hydrogen) atoms. The van der Waals surface area contributed by atoms with Gasteiger partial charge in [-0.15, -0.1) is 0 Å². The SMILES string of the molecule is CC1(CN)CCCC(F)(F)C1. The molecule has 2 N–H and O–H groups in total. The maximum Gasteiger partial charge on any atom is 0.248 e. The highest BCUT2D eigenvalue weighted by atomic mass is 19.3. The third-order valence-corrected chi connectivity index (χ3v) is 2.50. The van der Waals surface area contributed by atoms with E-state index >= 15 is 0 Å². The van der Waals surface area contributed by atoms with Gasteiger partial charge in [-0.05, 0) is 24.8 Å². The molecule has 1 unspecified atom stereocenters. The van der Waals surface area contributed by atoms with Gasteiger partial charge in [0.2, 0.25) is 5.92 Å². The van der Waals surface area contributed by atoms with Crippen LogP contribution in [0.1, 0.15) is 32.6 Å². The fourth-order valence-corrected chi connectivity index (χ4v) is 1.75. The minimum Gasteiger partial charge on any atom is -0.330 e. The molecule has 1 saturated carbocycles. The largest absolute Gasteiger partial charge is 0.330 e. The molecule has 1 atom stereocenters. The van der Waals surface area contributed by atoms with Crippen LogP contribution in [0.15, 0.2) is 0 Å². The minimum atomic E-state index is -2.47. The number of alkyl halides is 2. The highest BCUT2D eigenvalue weighted by Crippen LogP contribution is 2.43. The Morgan fingerprint density at radius 3 is 2.36 bits per heavy atom. The smallest absolute Gasteiger partial charge is 0.248 e. The van der Waals surface area contributed by atoms with E-state index in [0.29, 0.717) is 13.0 Å². The Morgan fingerprint density at radius 1 is 1.36 bits per heavy atom. The number of rotatable bonds is 1. The zero-order valence-electron chi connectivity index (χ0n) is 6.87. The van der Waals surface area contributed by atoms with Crippen molar-refractivity contribution in [3.8, 4) is 0 Å². The third kappa shape index (κ3) is 2.12. The second-order valence-corrected chi connectivity index (χ2v) is 3.90. The van der Waals surface area contributed by atoms with E-state index in [2.05, 4.69) is 0 Å². The standard InChI is InChI=1S/C8H15F2N/c1-7(6-11)3-2-4-8(9,10)5-7/h2-6,11H2,1H3. The van der Waals surface area contributed by atoms with Gasteiger partial charge in [-0.2, -0.15) is 0 Å². The Morgan fingerprint density at radius 2 is 2.00 bits per heavy atom. The van der Waals surface area contributed by atoms with Crippen molar-refractivity contribution < 1.29 is 8.78 Å². The fraction of sp³-hybridized carbons (Fsp3) is 1.00. The first-order chi connectivity index (χ1) is 4.97. The van der Waals surface area contributed by atoms with Gasteiger partial charge >= 0.3 is 0 Å². The average Bonchev–Trinajstić information content (AvgIpc) is 1.85. The van der Waals surface area contributed by atoms with Crippen molar-refractivity contribution in [2.75, 3.05) is 6.54 Å². The molecule has 1 fully saturated rings. The first-order valence-electron chi connectivity index (χ1n) is 4.05. The van der Waals surface area contributed by atoms with Crippen molar-refractivity contribution in [3.05, 3.63) is 0 Å². The van der Waals surface area contributed by atoms with Crippen molar-refractivity contribution in [3.63, 3.8) is 0 Å². The molecule has 0 heterocycles. The van der Waals surface area contributed by atoms with E-state index in [0.717, 1.165) is 6.42 Å². The molecule has 1 aliphatic rings. The van der Waals surface area contributed by atoms with Gasteiger partial charge in [-0.25, -0.2) is 8.78 Å². The van der Waals surface area contributed by atoms with Crippen LogP contribution in [0, 0.1) is 5.41 Å². The summed E-state index contributed by atoms with van der Waals surface area (Å²) in [5, 5.41) is 0. The summed E-state index contributed by atoms with van der Waals surface area (Å²) >= 11 is 0. The van der Waals surface area contributed by atoms with Gasteiger partial charge in [0.15, 0.2) is 0 Å². The zero-order valence-corrected chi connectivity index (χ0v) is 6.87. The molecular formula is C8H15F2N. The van der Waals surface area contributed by atoms with Crippen molar-refractivity contribution >= 4 is 0 Å². The van der Waals surface area contributed by atoms with E-state index in [9.17, 15) is 8.78 Å². The van der Waals surface area contributed by atoms with Crippen molar-refractivity contribution in [2.24, 2.45) is 11.1 Å². The second kappa shape index (κ2) is 2.70. The first-order valence-corrected chi connectivity index (χ1v) is 4.05. The van der Waals surface area contributed by atoms with Crippen molar-refractivity contribution in [1.82, 2.24) is 0 Å². The number of halogens is 2. The lowest BCUT2D eigenvalue weighted by atomic mass is 9.74. The molecular weight excluding hydrogens is 148 g/mol. The molecule has 0 radical (unpaired) electrons. The molecule has 0 aromatic heterocycles. The van der Waals surface area contributed by atoms with E-state index in [1.165, 1.54) is 0 Å². The Balaban J connectivity index is 2.59. The van der Waals surface area contributed by atoms with Crippen LogP contribution in [0.2, 0.25) is 0 Å². The Hall–Kier alpha value is -0.180. The van der Waals surface area contributed by atoms with Gasteiger partial charge in [-0.1, -0.05) is 6.92 Å². The van der Waals surface area contributed by atoms with Gasteiger partial charge in [0.25, 0.3) is 0 Å². The van der Waals surface area contributed by atoms with Crippen LogP contribution in [0.4, 0.5) is 8.78 Å². The average molecular weight is 163 g/mol. The maximum atomic E-state index is 12.8. The lowest BCUT2D eigenvalue weighted by Crippen LogP contribution is -2.38. The van der Waals surface area contributed by atoms with Crippen LogP contribution in [-0.4, -0.2) is 12.5 Å². The Labute approximate surface area is 66.0 Å². The zero-order chi connectivity index (χ0) is 8.54. The summed E-state index contributed by atoms with van der Waals surface area (Å²) in [6.07, 6.45) is 1.47. The fourth-order valence-electron chi connectivity index (χ4n) is 1.75. The van der Waals surface area contributed by atoms with E-state index in [-0.39, 0.29) is 18.3 Å². The van der Waals surface area contributed by atoms with Crippen LogP contribution < -0.4 is 5.73 Å². The summed E-state index contributed by atoms with van der Waals surface area (Å²) in [4.78, 5) is 0. The predicted molar refractivity (Wildman–Crippen MR) is 40.6 cm³/mol. The van der Waals surface area contributed by atoms with Crippen LogP contribution in [-0.2, 0) is 0 Å². The summed E-state index contributed by atoms with van der Waals surface area (Å²) in [6, 6.07) is 0. The first kappa shape index (κ1) is 8.91. The monoisotopic (exact) mass is 163 g/mol. The van der Waals surface area contributed by atoms with Gasteiger partial charge in [0.05, 0.1) is 0 Å². The van der Waals surface area contributed by atoms with E-state index < -0.39 is 5.92 Å². The molecule has 0 spiro atoms. The Bertz CT molecular complexity index is 147. The lowest BCUT2D eigenvalue weighted by Gasteiger charge is -2.36. The highest BCUT2D eigenvalue weighted by Gasteiger charge is 2.41. The summed E-state index contributed by atoms with van der Waals surface area (Å²) < 4.78 is 25.7. The van der Waals surface area contributed by atoms with E-state index in [1.807, 2.05) is 6.92 Å². The predicted octanol–water partition coefficient (Wildman–Crippen LogP) is 2.16. The van der Waals surface area contributed by atoms with Gasteiger partial charge < -0.3 is 5.73 Å². The summed E-state index contributed by atoms with van der Waals surface area (Å²) in [7, 11) is 0. The van der Waals surface area contributed by atoms with E-state index in [4.69, 9.17) is 5.73 Å². The summed E-state index contributed by atoms with van der Waals surface area (Å²) in [6.45, 7) is 2.22. The number of hydrogen-bond donors (Lipinski definition) is 1. The van der Waals surface area contributed by atoms with E-state index in [1.54, 1.807) is 0 Å². The molecule has 1 nitrogen and oxygen atoms in total. The molecule has 0 aromatic carbocycles. The molecule has 0 saturated heterocycles. The molecule has 0 bridgehead atoms. The third-order valence-electron chi connectivity index (χ3n) is 2.50. The van der Waals surface area contributed by atoms with Crippen LogP contribution >= 0.6 is 0 Å². The Kier molecular flexibility index (Phi) is 2.19. The van der Waals surface area contributed by atoms with Crippen LogP contribution in [0.3, 0.4) is 0 Å². The van der Waals surface area contributed by atoms with Crippen molar-refractivity contribution in [1.29, 1.82) is 0 Å². The topological polar surface area (TPSA) is 26.0 Å². The summed E-state index contributed by atoms with van der Waals surface area (Å²) in [5.41, 5.74) is 5.11. The molecule has 66 valence electrons. The molecule has 0 aromatic rings. The number of hydrogen-bond acceptors (Lipinski definition) is 1. The lowest BCUT2D eigenvalue weighted by molar-refractivity contribution is -0.0751. The minimum absolute atomic E-state index is 0.0312. The van der Waals surface area contributed by atoms with Gasteiger partial charge in [0, 0.05) is 12.8 Å². The maximum absolute atomic E-state index is 12.8. The normalized spacial score (nSPS) is 37.1. The van der Waals surface area contributed by atoms with Crippen molar-refractivity contribution in [2.45, 2.75) is 38.5 Å². The quantitative estimate of drug-likeness (QED) is 0.629. The summed E-state index contributed by atoms with van der Waals surface area (Å²) in [5.74, 6) is -2.47. The van der Waals surface area contributed by atoms with Gasteiger partial charge in [-0.3, -0.25) is 0 Å². The molecule has 1 rings (SSSR count). The van der Waals surface area contributed by atoms with Crippen LogP contribution in [0.5, 0.6) is 0 Å². The second-order valence-electron chi connectivity index (χ2n) is 3.90. The highest BCUT2D eigenvalue weighted by molar-refractivity contribution is 4.87. The van der Waals surface area contributed by atoms with Gasteiger partial charge in [0.1, 0.15) is 0 Å². The molecule has 3 heteroatoms. The van der Waals surface area contributed by atoms with Crippen LogP contribution in [0.25, 0.3) is 0 Å². The molecule has 1 aliphatic carbocycles.